The van der Waals surface area contributed by atoms with Gasteiger partial charge in [-0.25, -0.2) is 4.98 Å². The molecule has 4 rings (SSSR count). The summed E-state index contributed by atoms with van der Waals surface area (Å²) in [7, 11) is 0. The SMILES string of the molecule is O=c1[nH]c(CSc2ccc3c(c2)OCCO3)nc2c(Br)cc(Br)cc12. The molecule has 0 saturated carbocycles. The number of fused-ring (bicyclic) bond motifs is 2. The van der Waals surface area contributed by atoms with Gasteiger partial charge in [0.15, 0.2) is 11.5 Å². The minimum Gasteiger partial charge on any atom is -0.486 e. The number of ether oxygens (including phenoxy) is 2. The molecule has 0 amide bonds. The lowest BCUT2D eigenvalue weighted by atomic mass is 10.2. The first-order valence-electron chi connectivity index (χ1n) is 7.50. The van der Waals surface area contributed by atoms with E-state index < -0.39 is 0 Å². The maximum atomic E-state index is 12.3. The van der Waals surface area contributed by atoms with Crippen LogP contribution in [0.25, 0.3) is 10.9 Å². The highest BCUT2D eigenvalue weighted by atomic mass is 79.9. The quantitative estimate of drug-likeness (QED) is 0.555. The number of halogens is 2. The van der Waals surface area contributed by atoms with Crippen molar-refractivity contribution in [1.29, 1.82) is 0 Å². The zero-order valence-corrected chi connectivity index (χ0v) is 16.8. The summed E-state index contributed by atoms with van der Waals surface area (Å²) in [6, 6.07) is 9.48. The van der Waals surface area contributed by atoms with E-state index in [0.29, 0.717) is 35.7 Å². The van der Waals surface area contributed by atoms with Gasteiger partial charge in [-0.2, -0.15) is 0 Å². The van der Waals surface area contributed by atoms with Gasteiger partial charge in [0, 0.05) is 13.8 Å². The molecular formula is C17H12Br2N2O3S. The Morgan fingerprint density at radius 2 is 1.92 bits per heavy atom. The summed E-state index contributed by atoms with van der Waals surface area (Å²) in [5.74, 6) is 2.69. The fourth-order valence-corrected chi connectivity index (χ4v) is 4.66. The molecule has 1 aliphatic rings. The lowest BCUT2D eigenvalue weighted by Gasteiger charge is -2.18. The molecular weight excluding hydrogens is 472 g/mol. The van der Waals surface area contributed by atoms with Crippen LogP contribution in [0.15, 0.2) is 49.0 Å². The number of rotatable bonds is 3. The Labute approximate surface area is 164 Å². The van der Waals surface area contributed by atoms with Gasteiger partial charge in [-0.05, 0) is 46.3 Å². The molecule has 0 unspecified atom stereocenters. The molecule has 3 aromatic rings. The fourth-order valence-electron chi connectivity index (χ4n) is 2.55. The molecule has 5 nitrogen and oxygen atoms in total. The van der Waals surface area contributed by atoms with Crippen molar-refractivity contribution in [2.45, 2.75) is 10.6 Å². The topological polar surface area (TPSA) is 64.2 Å². The van der Waals surface area contributed by atoms with Crippen molar-refractivity contribution in [2.24, 2.45) is 0 Å². The number of aromatic amines is 1. The number of H-pyrrole nitrogens is 1. The van der Waals surface area contributed by atoms with Crippen molar-refractivity contribution in [1.82, 2.24) is 9.97 Å². The van der Waals surface area contributed by atoms with Crippen molar-refractivity contribution in [3.05, 3.63) is 55.5 Å². The predicted octanol–water partition coefficient (Wildman–Crippen LogP) is 4.51. The maximum Gasteiger partial charge on any atom is 0.258 e. The molecule has 1 aliphatic heterocycles. The van der Waals surface area contributed by atoms with Crippen LogP contribution in [0.2, 0.25) is 0 Å². The molecule has 0 fully saturated rings. The first kappa shape index (κ1) is 16.9. The second-order valence-electron chi connectivity index (χ2n) is 5.39. The second kappa shape index (κ2) is 7.01. The van der Waals surface area contributed by atoms with Gasteiger partial charge in [-0.15, -0.1) is 11.8 Å². The number of hydrogen-bond acceptors (Lipinski definition) is 5. The van der Waals surface area contributed by atoms with Crippen LogP contribution in [-0.2, 0) is 5.75 Å². The summed E-state index contributed by atoms with van der Waals surface area (Å²) in [6.45, 7) is 1.14. The Bertz CT molecular complexity index is 1020. The summed E-state index contributed by atoms with van der Waals surface area (Å²) < 4.78 is 12.7. The summed E-state index contributed by atoms with van der Waals surface area (Å²) in [5, 5.41) is 0.550. The molecule has 1 N–H and O–H groups in total. The zero-order valence-electron chi connectivity index (χ0n) is 12.8. The van der Waals surface area contributed by atoms with Gasteiger partial charge in [-0.3, -0.25) is 4.79 Å². The number of nitrogens with one attached hydrogen (secondary N) is 1. The molecule has 0 bridgehead atoms. The number of hydrogen-bond donors (Lipinski definition) is 1. The molecule has 25 heavy (non-hydrogen) atoms. The Hall–Kier alpha value is -1.51. The first-order valence-corrected chi connectivity index (χ1v) is 10.1. The van der Waals surface area contributed by atoms with Crippen LogP contribution in [0.1, 0.15) is 5.82 Å². The van der Waals surface area contributed by atoms with Crippen LogP contribution in [0.3, 0.4) is 0 Å². The number of benzene rings is 2. The Kier molecular flexibility index (Phi) is 4.75. The molecule has 2 aromatic carbocycles. The van der Waals surface area contributed by atoms with Gasteiger partial charge in [0.1, 0.15) is 19.0 Å². The monoisotopic (exact) mass is 482 g/mol. The van der Waals surface area contributed by atoms with Gasteiger partial charge in [0.25, 0.3) is 5.56 Å². The van der Waals surface area contributed by atoms with Gasteiger partial charge in [0.05, 0.1) is 16.7 Å². The van der Waals surface area contributed by atoms with Crippen LogP contribution in [0.4, 0.5) is 0 Å². The first-order chi connectivity index (χ1) is 12.1. The van der Waals surface area contributed by atoms with E-state index in [0.717, 1.165) is 25.3 Å². The molecule has 8 heteroatoms. The molecule has 0 saturated heterocycles. The molecule has 0 atom stereocenters. The highest BCUT2D eigenvalue weighted by Gasteiger charge is 2.13. The van der Waals surface area contributed by atoms with Crippen molar-refractivity contribution < 1.29 is 9.47 Å². The Balaban J connectivity index is 1.60. The van der Waals surface area contributed by atoms with Gasteiger partial charge in [0.2, 0.25) is 0 Å². The number of thioether (sulfide) groups is 1. The molecule has 0 spiro atoms. The Morgan fingerprint density at radius 3 is 2.76 bits per heavy atom. The van der Waals surface area contributed by atoms with Gasteiger partial charge >= 0.3 is 0 Å². The molecule has 2 heterocycles. The average Bonchev–Trinajstić information content (AvgIpc) is 2.61. The van der Waals surface area contributed by atoms with E-state index in [1.165, 1.54) is 0 Å². The van der Waals surface area contributed by atoms with E-state index in [-0.39, 0.29) is 5.56 Å². The molecule has 0 radical (unpaired) electrons. The summed E-state index contributed by atoms with van der Waals surface area (Å²) in [4.78, 5) is 20.8. The molecule has 128 valence electrons. The largest absolute Gasteiger partial charge is 0.486 e. The van der Waals surface area contributed by atoms with E-state index in [4.69, 9.17) is 9.47 Å². The van der Waals surface area contributed by atoms with E-state index in [1.807, 2.05) is 24.3 Å². The summed E-state index contributed by atoms with van der Waals surface area (Å²) >= 11 is 8.44. The smallest absolute Gasteiger partial charge is 0.258 e. The van der Waals surface area contributed by atoms with Gasteiger partial charge < -0.3 is 14.5 Å². The molecule has 0 aliphatic carbocycles. The van der Waals surface area contributed by atoms with Crippen molar-refractivity contribution in [3.63, 3.8) is 0 Å². The van der Waals surface area contributed by atoms with Crippen LogP contribution in [0, 0.1) is 0 Å². The standard InChI is InChI=1S/C17H12Br2N2O3S/c18-9-5-11-16(12(19)6-9)20-15(21-17(11)22)8-25-10-1-2-13-14(7-10)24-4-3-23-13/h1-2,5-7H,3-4,8H2,(H,20,21,22). The van der Waals surface area contributed by atoms with Crippen LogP contribution >= 0.6 is 43.6 Å². The molecule has 1 aromatic heterocycles. The summed E-state index contributed by atoms with van der Waals surface area (Å²) in [5.41, 5.74) is 0.509. The van der Waals surface area contributed by atoms with Crippen molar-refractivity contribution in [3.8, 4) is 11.5 Å². The number of aromatic nitrogens is 2. The van der Waals surface area contributed by atoms with Crippen LogP contribution in [-0.4, -0.2) is 23.2 Å². The minimum absolute atomic E-state index is 0.148. The maximum absolute atomic E-state index is 12.3. The highest BCUT2D eigenvalue weighted by Crippen LogP contribution is 2.35. The van der Waals surface area contributed by atoms with Crippen molar-refractivity contribution >= 4 is 54.5 Å². The van der Waals surface area contributed by atoms with Crippen LogP contribution < -0.4 is 15.0 Å². The normalized spacial score (nSPS) is 13.2. The highest BCUT2D eigenvalue weighted by molar-refractivity contribution is 9.11. The fraction of sp³-hybridized carbons (Fsp3) is 0.176. The second-order valence-corrected chi connectivity index (χ2v) is 8.21. The lowest BCUT2D eigenvalue weighted by Crippen LogP contribution is -2.15. The van der Waals surface area contributed by atoms with E-state index in [1.54, 1.807) is 17.8 Å². The third kappa shape index (κ3) is 3.56. The predicted molar refractivity (Wildman–Crippen MR) is 105 cm³/mol. The summed E-state index contributed by atoms with van der Waals surface area (Å²) in [6.07, 6.45) is 0. The van der Waals surface area contributed by atoms with Crippen LogP contribution in [0.5, 0.6) is 11.5 Å². The number of nitrogens with zero attached hydrogens (tertiary/aromatic N) is 1. The van der Waals surface area contributed by atoms with E-state index in [2.05, 4.69) is 41.8 Å². The Morgan fingerprint density at radius 1 is 1.12 bits per heavy atom. The van der Waals surface area contributed by atoms with E-state index >= 15 is 0 Å². The lowest BCUT2D eigenvalue weighted by molar-refractivity contribution is 0.171. The van der Waals surface area contributed by atoms with Gasteiger partial charge in [-0.1, -0.05) is 15.9 Å². The minimum atomic E-state index is -0.148. The van der Waals surface area contributed by atoms with E-state index in [9.17, 15) is 4.79 Å². The third-order valence-electron chi connectivity index (χ3n) is 3.67. The average molecular weight is 484 g/mol. The zero-order chi connectivity index (χ0) is 17.4. The van der Waals surface area contributed by atoms with Crippen molar-refractivity contribution in [2.75, 3.05) is 13.2 Å². The third-order valence-corrected chi connectivity index (χ3v) is 5.73.